The van der Waals surface area contributed by atoms with E-state index in [2.05, 4.69) is 10.4 Å². The first-order valence-corrected chi connectivity index (χ1v) is 8.29. The number of hydrogen-bond donors (Lipinski definition) is 1. The van der Waals surface area contributed by atoms with Crippen molar-refractivity contribution in [3.05, 3.63) is 51.4 Å². The van der Waals surface area contributed by atoms with E-state index in [4.69, 9.17) is 16.3 Å². The number of halogens is 2. The topological polar surface area (TPSA) is 78.2 Å². The predicted molar refractivity (Wildman–Crippen MR) is 88.9 cm³/mol. The largest absolute Gasteiger partial charge is 0.379 e. The van der Waals surface area contributed by atoms with E-state index in [1.54, 1.807) is 13.0 Å². The summed E-state index contributed by atoms with van der Waals surface area (Å²) in [5.41, 5.74) is 0.229. The number of benzene rings is 1. The smallest absolute Gasteiger partial charge is 0.346 e. The molecule has 134 valence electrons. The van der Waals surface area contributed by atoms with Gasteiger partial charge in [0.05, 0.1) is 23.7 Å². The van der Waals surface area contributed by atoms with Gasteiger partial charge in [-0.3, -0.25) is 9.36 Å². The summed E-state index contributed by atoms with van der Waals surface area (Å²) in [5.74, 6) is -0.938. The summed E-state index contributed by atoms with van der Waals surface area (Å²) in [7, 11) is 0. The van der Waals surface area contributed by atoms with Gasteiger partial charge in [0.1, 0.15) is 18.7 Å². The van der Waals surface area contributed by atoms with Gasteiger partial charge in [0.25, 0.3) is 0 Å². The van der Waals surface area contributed by atoms with Crippen LogP contribution >= 0.6 is 11.6 Å². The molecule has 0 unspecified atom stereocenters. The van der Waals surface area contributed by atoms with Gasteiger partial charge in [-0.15, -0.1) is 0 Å². The highest BCUT2D eigenvalue weighted by Crippen LogP contribution is 2.20. The third-order valence-corrected chi connectivity index (χ3v) is 4.48. The molecule has 0 saturated carbocycles. The van der Waals surface area contributed by atoms with Crippen LogP contribution in [0, 0.1) is 5.82 Å². The Morgan fingerprint density at radius 2 is 2.36 bits per heavy atom. The molecule has 1 fully saturated rings. The van der Waals surface area contributed by atoms with Crippen LogP contribution < -0.4 is 11.0 Å². The molecular weight excluding hydrogens is 351 g/mol. The Labute approximate surface area is 148 Å². The van der Waals surface area contributed by atoms with Crippen LogP contribution in [0.15, 0.2) is 29.3 Å². The SMILES string of the molecule is C[C@H](NC(=O)Cn1ncn([C@@H]2CCOC2)c1=O)c1ccc(Cl)c(F)c1. The molecule has 1 aromatic heterocycles. The van der Waals surface area contributed by atoms with Gasteiger partial charge >= 0.3 is 5.69 Å². The van der Waals surface area contributed by atoms with Crippen LogP contribution in [0.25, 0.3) is 0 Å². The molecule has 3 rings (SSSR count). The molecule has 1 amide bonds. The molecule has 9 heteroatoms. The molecule has 2 heterocycles. The maximum Gasteiger partial charge on any atom is 0.346 e. The second-order valence-corrected chi connectivity index (χ2v) is 6.37. The lowest BCUT2D eigenvalue weighted by Crippen LogP contribution is -2.35. The average molecular weight is 369 g/mol. The molecule has 1 aliphatic rings. The highest BCUT2D eigenvalue weighted by Gasteiger charge is 2.21. The van der Waals surface area contributed by atoms with Crippen molar-refractivity contribution < 1.29 is 13.9 Å². The van der Waals surface area contributed by atoms with Crippen LogP contribution in [0.2, 0.25) is 5.02 Å². The summed E-state index contributed by atoms with van der Waals surface area (Å²) in [4.78, 5) is 24.5. The average Bonchev–Trinajstić information content (AvgIpc) is 3.20. The minimum Gasteiger partial charge on any atom is -0.379 e. The highest BCUT2D eigenvalue weighted by atomic mass is 35.5. The van der Waals surface area contributed by atoms with Crippen LogP contribution in [-0.4, -0.2) is 33.5 Å². The van der Waals surface area contributed by atoms with Gasteiger partial charge in [0.15, 0.2) is 0 Å². The van der Waals surface area contributed by atoms with Crippen LogP contribution in [0.3, 0.4) is 0 Å². The molecule has 0 aliphatic carbocycles. The maximum absolute atomic E-state index is 13.5. The Bertz CT molecular complexity index is 829. The summed E-state index contributed by atoms with van der Waals surface area (Å²) in [5, 5.41) is 6.72. The summed E-state index contributed by atoms with van der Waals surface area (Å²) in [6.45, 7) is 2.59. The number of nitrogens with one attached hydrogen (secondary N) is 1. The first-order valence-electron chi connectivity index (χ1n) is 7.91. The zero-order valence-corrected chi connectivity index (χ0v) is 14.4. The fraction of sp³-hybridized carbons (Fsp3) is 0.438. The van der Waals surface area contributed by atoms with Crippen molar-refractivity contribution in [1.82, 2.24) is 19.7 Å². The maximum atomic E-state index is 13.5. The monoisotopic (exact) mass is 368 g/mol. The fourth-order valence-electron chi connectivity index (χ4n) is 2.74. The van der Waals surface area contributed by atoms with Crippen molar-refractivity contribution in [2.24, 2.45) is 0 Å². The molecule has 1 aromatic carbocycles. The van der Waals surface area contributed by atoms with Crippen LogP contribution in [-0.2, 0) is 16.1 Å². The van der Waals surface area contributed by atoms with Crippen molar-refractivity contribution >= 4 is 17.5 Å². The first-order chi connectivity index (χ1) is 12.0. The number of amides is 1. The van der Waals surface area contributed by atoms with Crippen molar-refractivity contribution in [2.45, 2.75) is 32.0 Å². The van der Waals surface area contributed by atoms with Crippen molar-refractivity contribution in [1.29, 1.82) is 0 Å². The lowest BCUT2D eigenvalue weighted by molar-refractivity contribution is -0.122. The number of rotatable bonds is 5. The van der Waals surface area contributed by atoms with Gasteiger partial charge in [-0.05, 0) is 31.0 Å². The Balaban J connectivity index is 1.64. The normalized spacial score (nSPS) is 18.3. The molecule has 1 saturated heterocycles. The fourth-order valence-corrected chi connectivity index (χ4v) is 2.86. The molecule has 2 aromatic rings. The predicted octanol–water partition coefficient (Wildman–Crippen LogP) is 1.68. The van der Waals surface area contributed by atoms with Gasteiger partial charge in [0.2, 0.25) is 5.91 Å². The minimum atomic E-state index is -0.547. The van der Waals surface area contributed by atoms with E-state index in [1.807, 2.05) is 0 Å². The first kappa shape index (κ1) is 17.6. The van der Waals surface area contributed by atoms with Crippen LogP contribution in [0.4, 0.5) is 4.39 Å². The van der Waals surface area contributed by atoms with Crippen LogP contribution in [0.1, 0.15) is 31.0 Å². The second kappa shape index (κ2) is 7.37. The van der Waals surface area contributed by atoms with Crippen molar-refractivity contribution in [2.75, 3.05) is 13.2 Å². The number of hydrogen-bond acceptors (Lipinski definition) is 4. The third kappa shape index (κ3) is 3.91. The number of aromatic nitrogens is 3. The molecule has 0 spiro atoms. The molecule has 1 N–H and O–H groups in total. The molecule has 25 heavy (non-hydrogen) atoms. The number of nitrogens with zero attached hydrogens (tertiary/aromatic N) is 3. The lowest BCUT2D eigenvalue weighted by Gasteiger charge is -2.14. The van der Waals surface area contributed by atoms with E-state index in [9.17, 15) is 14.0 Å². The standard InChI is InChI=1S/C16H18ClFN4O3/c1-10(11-2-3-13(17)14(18)6-11)20-15(23)7-22-16(24)21(9-19-22)12-4-5-25-8-12/h2-3,6,9-10,12H,4-5,7-8H2,1H3,(H,20,23)/t10-,12+/m0/s1. The van der Waals surface area contributed by atoms with E-state index < -0.39 is 17.8 Å². The lowest BCUT2D eigenvalue weighted by atomic mass is 10.1. The second-order valence-electron chi connectivity index (χ2n) is 5.96. The third-order valence-electron chi connectivity index (χ3n) is 4.17. The number of carbonyl (C=O) groups is 1. The Morgan fingerprint density at radius 1 is 1.56 bits per heavy atom. The van der Waals surface area contributed by atoms with Crippen LogP contribution in [0.5, 0.6) is 0 Å². The van der Waals surface area contributed by atoms with Gasteiger partial charge < -0.3 is 10.1 Å². The summed E-state index contributed by atoms with van der Waals surface area (Å²) >= 11 is 5.65. The van der Waals surface area contributed by atoms with E-state index in [0.29, 0.717) is 18.8 Å². The quantitative estimate of drug-likeness (QED) is 0.871. The molecule has 0 bridgehead atoms. The Kier molecular flexibility index (Phi) is 5.19. The Morgan fingerprint density at radius 3 is 3.04 bits per heavy atom. The van der Waals surface area contributed by atoms with E-state index in [1.165, 1.54) is 23.0 Å². The molecule has 2 atom stereocenters. The van der Waals surface area contributed by atoms with Gasteiger partial charge in [-0.1, -0.05) is 17.7 Å². The van der Waals surface area contributed by atoms with E-state index >= 15 is 0 Å². The molecule has 1 aliphatic heterocycles. The zero-order chi connectivity index (χ0) is 18.0. The molecule has 0 radical (unpaired) electrons. The zero-order valence-electron chi connectivity index (χ0n) is 13.6. The van der Waals surface area contributed by atoms with Crippen molar-refractivity contribution in [3.63, 3.8) is 0 Å². The summed E-state index contributed by atoms with van der Waals surface area (Å²) < 4.78 is 21.4. The summed E-state index contributed by atoms with van der Waals surface area (Å²) in [6, 6.07) is 3.87. The number of ether oxygens (including phenoxy) is 1. The van der Waals surface area contributed by atoms with Gasteiger partial charge in [0, 0.05) is 6.61 Å². The van der Waals surface area contributed by atoms with E-state index in [0.717, 1.165) is 11.1 Å². The summed E-state index contributed by atoms with van der Waals surface area (Å²) in [6.07, 6.45) is 2.17. The minimum absolute atomic E-state index is 0.0234. The highest BCUT2D eigenvalue weighted by molar-refractivity contribution is 6.30. The number of carbonyl (C=O) groups excluding carboxylic acids is 1. The van der Waals surface area contributed by atoms with Gasteiger partial charge in [-0.25, -0.2) is 13.9 Å². The Hall–Kier alpha value is -2.19. The molecule has 7 nitrogen and oxygen atoms in total. The van der Waals surface area contributed by atoms with Crippen molar-refractivity contribution in [3.8, 4) is 0 Å². The molecular formula is C16H18ClFN4O3. The van der Waals surface area contributed by atoms with Gasteiger partial charge in [-0.2, -0.15) is 5.10 Å². The van der Waals surface area contributed by atoms with E-state index in [-0.39, 0.29) is 23.3 Å².